The van der Waals surface area contributed by atoms with E-state index in [1.807, 2.05) is 6.92 Å². The summed E-state index contributed by atoms with van der Waals surface area (Å²) in [6.45, 7) is -1.04. The van der Waals surface area contributed by atoms with Crippen molar-refractivity contribution in [1.29, 1.82) is 0 Å². The second-order valence-electron chi connectivity index (χ2n) is 3.93. The van der Waals surface area contributed by atoms with Crippen LogP contribution in [0.3, 0.4) is 0 Å². The van der Waals surface area contributed by atoms with Crippen LogP contribution in [0, 0.1) is 0 Å². The molecule has 1 atom stereocenters. The number of alkyl halides is 3. The molecule has 1 aromatic rings. The van der Waals surface area contributed by atoms with Crippen LogP contribution in [0.1, 0.15) is 30.1 Å². The predicted octanol–water partition coefficient (Wildman–Crippen LogP) is 3.43. The lowest BCUT2D eigenvalue weighted by molar-refractivity contribution is -0.0501. The van der Waals surface area contributed by atoms with Crippen molar-refractivity contribution in [3.8, 4) is 5.75 Å². The molecule has 19 heavy (non-hydrogen) atoms. The molecular formula is C13H16ClF2NO2. The number of benzene rings is 1. The number of ether oxygens (including phenoxy) is 1. The molecule has 1 aromatic carbocycles. The Bertz CT molecular complexity index is 415. The molecule has 0 spiro atoms. The standard InChI is InChI=1S/C13H16ClF2NO2/c1-2-9(7-8-14)17-12(18)10-5-3-4-6-11(10)19-13(15)16/h3-6,9,13H,2,7-8H2,1H3,(H,17,18). The van der Waals surface area contributed by atoms with Gasteiger partial charge in [0.15, 0.2) is 0 Å². The molecule has 0 aromatic heterocycles. The molecular weight excluding hydrogens is 276 g/mol. The lowest BCUT2D eigenvalue weighted by Crippen LogP contribution is -2.35. The molecule has 0 aliphatic heterocycles. The summed E-state index contributed by atoms with van der Waals surface area (Å²) in [7, 11) is 0. The molecule has 0 saturated heterocycles. The number of carbonyl (C=O) groups excluding carboxylic acids is 1. The normalized spacial score (nSPS) is 12.3. The first-order valence-corrected chi connectivity index (χ1v) is 6.52. The van der Waals surface area contributed by atoms with Crippen molar-refractivity contribution in [2.45, 2.75) is 32.4 Å². The van der Waals surface area contributed by atoms with E-state index >= 15 is 0 Å². The number of amides is 1. The molecule has 1 N–H and O–H groups in total. The first kappa shape index (κ1) is 15.7. The summed E-state index contributed by atoms with van der Waals surface area (Å²) in [5.74, 6) is -0.141. The fourth-order valence-electron chi connectivity index (χ4n) is 1.63. The summed E-state index contributed by atoms with van der Waals surface area (Å²) in [6, 6.07) is 5.83. The molecule has 106 valence electrons. The maximum Gasteiger partial charge on any atom is 0.387 e. The summed E-state index contributed by atoms with van der Waals surface area (Å²) < 4.78 is 28.8. The van der Waals surface area contributed by atoms with Crippen molar-refractivity contribution >= 4 is 17.5 Å². The highest BCUT2D eigenvalue weighted by Crippen LogP contribution is 2.20. The highest BCUT2D eigenvalue weighted by Gasteiger charge is 2.17. The Morgan fingerprint density at radius 1 is 1.42 bits per heavy atom. The van der Waals surface area contributed by atoms with Crippen LogP contribution in [0.2, 0.25) is 0 Å². The van der Waals surface area contributed by atoms with Gasteiger partial charge in [-0.3, -0.25) is 4.79 Å². The second-order valence-corrected chi connectivity index (χ2v) is 4.31. The van der Waals surface area contributed by atoms with Gasteiger partial charge in [-0.15, -0.1) is 11.6 Å². The summed E-state index contributed by atoms with van der Waals surface area (Å²) in [4.78, 5) is 12.0. The molecule has 0 saturated carbocycles. The minimum absolute atomic E-state index is 0.0791. The van der Waals surface area contributed by atoms with Crippen LogP contribution in [0.4, 0.5) is 8.78 Å². The summed E-state index contributed by atoms with van der Waals surface area (Å²) in [5, 5.41) is 2.75. The highest BCUT2D eigenvalue weighted by atomic mass is 35.5. The number of halogens is 3. The Balaban J connectivity index is 2.81. The van der Waals surface area contributed by atoms with Gasteiger partial charge in [0, 0.05) is 11.9 Å². The third kappa shape index (κ3) is 5.03. The van der Waals surface area contributed by atoms with Gasteiger partial charge in [-0.05, 0) is 25.0 Å². The van der Waals surface area contributed by atoms with Gasteiger partial charge in [0.2, 0.25) is 0 Å². The Kier molecular flexibility index (Phi) is 6.56. The Morgan fingerprint density at radius 2 is 2.11 bits per heavy atom. The van der Waals surface area contributed by atoms with E-state index in [1.165, 1.54) is 18.2 Å². The number of carbonyl (C=O) groups is 1. The van der Waals surface area contributed by atoms with Crippen LogP contribution in [-0.2, 0) is 0 Å². The molecule has 0 aliphatic rings. The first-order valence-electron chi connectivity index (χ1n) is 5.99. The number of hydrogen-bond donors (Lipinski definition) is 1. The zero-order chi connectivity index (χ0) is 14.3. The number of hydrogen-bond acceptors (Lipinski definition) is 2. The Morgan fingerprint density at radius 3 is 2.68 bits per heavy atom. The van der Waals surface area contributed by atoms with Crippen molar-refractivity contribution < 1.29 is 18.3 Å². The molecule has 1 unspecified atom stereocenters. The van der Waals surface area contributed by atoms with Crippen LogP contribution >= 0.6 is 11.6 Å². The van der Waals surface area contributed by atoms with Crippen LogP contribution in [-0.4, -0.2) is 24.4 Å². The smallest absolute Gasteiger partial charge is 0.387 e. The van der Waals surface area contributed by atoms with Crippen molar-refractivity contribution in [3.05, 3.63) is 29.8 Å². The Labute approximate surface area is 115 Å². The van der Waals surface area contributed by atoms with E-state index < -0.39 is 12.5 Å². The monoisotopic (exact) mass is 291 g/mol. The Hall–Kier alpha value is -1.36. The second kappa shape index (κ2) is 7.94. The quantitative estimate of drug-likeness (QED) is 0.782. The van der Waals surface area contributed by atoms with Crippen LogP contribution in [0.25, 0.3) is 0 Å². The minimum Gasteiger partial charge on any atom is -0.434 e. The summed E-state index contributed by atoms with van der Waals surface area (Å²) in [5.41, 5.74) is 0.0934. The fraction of sp³-hybridized carbons (Fsp3) is 0.462. The van der Waals surface area contributed by atoms with Crippen LogP contribution in [0.5, 0.6) is 5.75 Å². The van der Waals surface area contributed by atoms with E-state index in [9.17, 15) is 13.6 Å². The summed E-state index contributed by atoms with van der Waals surface area (Å²) >= 11 is 5.63. The highest BCUT2D eigenvalue weighted by molar-refractivity contribution is 6.17. The van der Waals surface area contributed by atoms with E-state index in [1.54, 1.807) is 6.07 Å². The van der Waals surface area contributed by atoms with Gasteiger partial charge in [-0.2, -0.15) is 8.78 Å². The van der Waals surface area contributed by atoms with E-state index in [-0.39, 0.29) is 17.4 Å². The SMILES string of the molecule is CCC(CCCl)NC(=O)c1ccccc1OC(F)F. The van der Waals surface area contributed by atoms with Gasteiger partial charge in [-0.25, -0.2) is 0 Å². The maximum absolute atomic E-state index is 12.2. The van der Waals surface area contributed by atoms with Gasteiger partial charge >= 0.3 is 6.61 Å². The number of nitrogens with one attached hydrogen (secondary N) is 1. The molecule has 0 radical (unpaired) electrons. The molecule has 1 amide bonds. The van der Waals surface area contributed by atoms with E-state index in [0.717, 1.165) is 6.42 Å². The van der Waals surface area contributed by atoms with Crippen molar-refractivity contribution in [3.63, 3.8) is 0 Å². The molecule has 1 rings (SSSR count). The van der Waals surface area contributed by atoms with Crippen molar-refractivity contribution in [2.24, 2.45) is 0 Å². The molecule has 0 fully saturated rings. The predicted molar refractivity (Wildman–Crippen MR) is 70.0 cm³/mol. The van der Waals surface area contributed by atoms with Crippen molar-refractivity contribution in [2.75, 3.05) is 5.88 Å². The van der Waals surface area contributed by atoms with E-state index in [4.69, 9.17) is 11.6 Å². The zero-order valence-electron chi connectivity index (χ0n) is 10.5. The topological polar surface area (TPSA) is 38.3 Å². The van der Waals surface area contributed by atoms with Gasteiger partial charge in [0.1, 0.15) is 5.75 Å². The van der Waals surface area contributed by atoms with Gasteiger partial charge in [-0.1, -0.05) is 19.1 Å². The zero-order valence-corrected chi connectivity index (χ0v) is 11.3. The van der Waals surface area contributed by atoms with Crippen molar-refractivity contribution in [1.82, 2.24) is 5.32 Å². The van der Waals surface area contributed by atoms with Crippen LogP contribution in [0.15, 0.2) is 24.3 Å². The average Bonchev–Trinajstić information content (AvgIpc) is 2.38. The van der Waals surface area contributed by atoms with E-state index in [2.05, 4.69) is 10.1 Å². The maximum atomic E-state index is 12.2. The lowest BCUT2D eigenvalue weighted by atomic mass is 10.1. The first-order chi connectivity index (χ1) is 9.08. The van der Waals surface area contributed by atoms with Gasteiger partial charge < -0.3 is 10.1 Å². The van der Waals surface area contributed by atoms with Crippen LogP contribution < -0.4 is 10.1 Å². The molecule has 0 bridgehead atoms. The molecule has 0 aliphatic carbocycles. The van der Waals surface area contributed by atoms with Gasteiger partial charge in [0.25, 0.3) is 5.91 Å². The number of rotatable bonds is 7. The third-order valence-electron chi connectivity index (χ3n) is 2.63. The minimum atomic E-state index is -2.96. The molecule has 6 heteroatoms. The average molecular weight is 292 g/mol. The van der Waals surface area contributed by atoms with E-state index in [0.29, 0.717) is 12.3 Å². The summed E-state index contributed by atoms with van der Waals surface area (Å²) in [6.07, 6.45) is 1.35. The number of para-hydroxylation sites is 1. The molecule has 3 nitrogen and oxygen atoms in total. The fourth-order valence-corrected chi connectivity index (χ4v) is 1.89. The van der Waals surface area contributed by atoms with Gasteiger partial charge in [0.05, 0.1) is 5.56 Å². The third-order valence-corrected chi connectivity index (χ3v) is 2.85. The lowest BCUT2D eigenvalue weighted by Gasteiger charge is -2.17. The molecule has 0 heterocycles. The largest absolute Gasteiger partial charge is 0.434 e.